The lowest BCUT2D eigenvalue weighted by Gasteiger charge is -2.33. The van der Waals surface area contributed by atoms with Crippen molar-refractivity contribution in [1.29, 1.82) is 0 Å². The van der Waals surface area contributed by atoms with E-state index in [1.807, 2.05) is 27.7 Å². The average Bonchev–Trinajstić information content (AvgIpc) is 3.01. The van der Waals surface area contributed by atoms with Gasteiger partial charge in [-0.15, -0.1) is 0 Å². The van der Waals surface area contributed by atoms with Crippen molar-refractivity contribution in [2.45, 2.75) is 71.8 Å². The molecule has 26 heavy (non-hydrogen) atoms. The maximum atomic E-state index is 12.2. The average molecular weight is 368 g/mol. The molecule has 0 radical (unpaired) electrons. The highest BCUT2D eigenvalue weighted by Gasteiger charge is 2.29. The third-order valence-corrected chi connectivity index (χ3v) is 4.41. The van der Waals surface area contributed by atoms with Gasteiger partial charge < -0.3 is 18.9 Å². The summed E-state index contributed by atoms with van der Waals surface area (Å²) in [5.41, 5.74) is -0.523. The Morgan fingerprint density at radius 3 is 2.69 bits per heavy atom. The third-order valence-electron chi connectivity index (χ3n) is 4.41. The number of hydrogen-bond acceptors (Lipinski definition) is 7. The van der Waals surface area contributed by atoms with Crippen molar-refractivity contribution in [1.82, 2.24) is 19.9 Å². The number of aromatic nitrogens is 2. The minimum absolute atomic E-state index is 0.116. The molecule has 2 rings (SSSR count). The van der Waals surface area contributed by atoms with E-state index in [1.54, 1.807) is 11.9 Å². The van der Waals surface area contributed by atoms with Crippen molar-refractivity contribution in [3.8, 4) is 0 Å². The van der Waals surface area contributed by atoms with E-state index >= 15 is 0 Å². The van der Waals surface area contributed by atoms with E-state index in [0.29, 0.717) is 30.8 Å². The SMILES string of the molecule is CC(C)N1CCO[C@@H](c2nc(C[C@H](C)N(C)C(=O)OC(C)(C)C)no2)C1. The summed E-state index contributed by atoms with van der Waals surface area (Å²) < 4.78 is 16.6. The summed E-state index contributed by atoms with van der Waals surface area (Å²) in [6.07, 6.45) is -0.0805. The molecule has 1 aromatic rings. The van der Waals surface area contributed by atoms with E-state index in [4.69, 9.17) is 14.0 Å². The van der Waals surface area contributed by atoms with Gasteiger partial charge in [-0.25, -0.2) is 4.79 Å². The van der Waals surface area contributed by atoms with Crippen LogP contribution < -0.4 is 0 Å². The minimum atomic E-state index is -0.523. The maximum Gasteiger partial charge on any atom is 0.410 e. The minimum Gasteiger partial charge on any atom is -0.444 e. The maximum absolute atomic E-state index is 12.2. The van der Waals surface area contributed by atoms with Gasteiger partial charge in [0.25, 0.3) is 5.89 Å². The molecule has 1 saturated heterocycles. The first kappa shape index (κ1) is 20.6. The number of rotatable bonds is 5. The van der Waals surface area contributed by atoms with Gasteiger partial charge in [0.1, 0.15) is 11.7 Å². The monoisotopic (exact) mass is 368 g/mol. The molecule has 2 heterocycles. The van der Waals surface area contributed by atoms with E-state index in [9.17, 15) is 4.79 Å². The highest BCUT2D eigenvalue weighted by Crippen LogP contribution is 2.22. The fourth-order valence-corrected chi connectivity index (χ4v) is 2.68. The molecule has 8 nitrogen and oxygen atoms in total. The number of carbonyl (C=O) groups is 1. The van der Waals surface area contributed by atoms with Crippen molar-refractivity contribution >= 4 is 6.09 Å². The fourth-order valence-electron chi connectivity index (χ4n) is 2.68. The number of carbonyl (C=O) groups excluding carboxylic acids is 1. The van der Waals surface area contributed by atoms with Crippen LogP contribution in [0.15, 0.2) is 4.52 Å². The molecular weight excluding hydrogens is 336 g/mol. The van der Waals surface area contributed by atoms with E-state index < -0.39 is 5.60 Å². The number of hydrogen-bond donors (Lipinski definition) is 0. The van der Waals surface area contributed by atoms with Crippen molar-refractivity contribution in [3.63, 3.8) is 0 Å². The second-order valence-corrected chi connectivity index (χ2v) is 8.14. The summed E-state index contributed by atoms with van der Waals surface area (Å²) in [7, 11) is 1.71. The smallest absolute Gasteiger partial charge is 0.410 e. The Hall–Kier alpha value is -1.67. The second-order valence-electron chi connectivity index (χ2n) is 8.14. The summed E-state index contributed by atoms with van der Waals surface area (Å²) in [5.74, 6) is 1.06. The fraction of sp³-hybridized carbons (Fsp3) is 0.833. The number of ether oxygens (including phenoxy) is 2. The molecule has 0 spiro atoms. The lowest BCUT2D eigenvalue weighted by Crippen LogP contribution is -2.42. The summed E-state index contributed by atoms with van der Waals surface area (Å²) in [5, 5.41) is 4.05. The summed E-state index contributed by atoms with van der Waals surface area (Å²) >= 11 is 0. The van der Waals surface area contributed by atoms with Gasteiger partial charge in [0.2, 0.25) is 0 Å². The lowest BCUT2D eigenvalue weighted by atomic mass is 10.2. The Morgan fingerprint density at radius 2 is 2.08 bits per heavy atom. The van der Waals surface area contributed by atoms with Crippen LogP contribution in [-0.2, 0) is 15.9 Å². The molecule has 0 aromatic carbocycles. The van der Waals surface area contributed by atoms with Gasteiger partial charge in [-0.1, -0.05) is 5.16 Å². The van der Waals surface area contributed by atoms with Gasteiger partial charge in [0.05, 0.1) is 6.61 Å². The third kappa shape index (κ3) is 5.67. The topological polar surface area (TPSA) is 80.9 Å². The molecule has 2 atom stereocenters. The summed E-state index contributed by atoms with van der Waals surface area (Å²) in [4.78, 5) is 20.5. The number of morpholine rings is 1. The Balaban J connectivity index is 1.94. The molecule has 148 valence electrons. The largest absolute Gasteiger partial charge is 0.444 e. The Morgan fingerprint density at radius 1 is 1.38 bits per heavy atom. The lowest BCUT2D eigenvalue weighted by molar-refractivity contribution is -0.0539. The van der Waals surface area contributed by atoms with Gasteiger partial charge in [-0.3, -0.25) is 4.90 Å². The molecular formula is C18H32N4O4. The van der Waals surface area contributed by atoms with Crippen LogP contribution in [0.25, 0.3) is 0 Å². The zero-order chi connectivity index (χ0) is 19.5. The molecule has 8 heteroatoms. The summed E-state index contributed by atoms with van der Waals surface area (Å²) in [6.45, 7) is 14.1. The molecule has 0 N–H and O–H groups in total. The van der Waals surface area contributed by atoms with Crippen LogP contribution in [0, 0.1) is 0 Å². The van der Waals surface area contributed by atoms with Crippen molar-refractivity contribution in [2.75, 3.05) is 26.7 Å². The van der Waals surface area contributed by atoms with E-state index in [2.05, 4.69) is 28.9 Å². The van der Waals surface area contributed by atoms with E-state index in [0.717, 1.165) is 13.1 Å². The first-order valence-electron chi connectivity index (χ1n) is 9.20. The van der Waals surface area contributed by atoms with Gasteiger partial charge in [0, 0.05) is 38.6 Å². The van der Waals surface area contributed by atoms with Gasteiger partial charge >= 0.3 is 6.09 Å². The highest BCUT2D eigenvalue weighted by atomic mass is 16.6. The molecule has 1 aliphatic rings. The molecule has 1 fully saturated rings. The van der Waals surface area contributed by atoms with Gasteiger partial charge in [-0.2, -0.15) is 4.98 Å². The molecule has 0 saturated carbocycles. The first-order valence-corrected chi connectivity index (χ1v) is 9.20. The first-order chi connectivity index (χ1) is 12.1. The van der Waals surface area contributed by atoms with Crippen LogP contribution in [0.5, 0.6) is 0 Å². The van der Waals surface area contributed by atoms with Crippen LogP contribution in [0.4, 0.5) is 4.79 Å². The molecule has 0 aliphatic carbocycles. The molecule has 1 aliphatic heterocycles. The van der Waals surface area contributed by atoms with Crippen molar-refractivity contribution in [3.05, 3.63) is 11.7 Å². The van der Waals surface area contributed by atoms with Crippen molar-refractivity contribution in [2.24, 2.45) is 0 Å². The number of amides is 1. The molecule has 1 amide bonds. The van der Waals surface area contributed by atoms with Gasteiger partial charge in [0.15, 0.2) is 5.82 Å². The normalized spacial score (nSPS) is 20.2. The zero-order valence-electron chi connectivity index (χ0n) is 17.0. The zero-order valence-corrected chi connectivity index (χ0v) is 17.0. The molecule has 0 bridgehead atoms. The Bertz CT molecular complexity index is 596. The van der Waals surface area contributed by atoms with Crippen molar-refractivity contribution < 1.29 is 18.8 Å². The van der Waals surface area contributed by atoms with Crippen LogP contribution >= 0.6 is 0 Å². The number of likely N-dealkylation sites (N-methyl/N-ethyl adjacent to an activating group) is 1. The Labute approximate surface area is 155 Å². The van der Waals surface area contributed by atoms with Gasteiger partial charge in [-0.05, 0) is 41.5 Å². The predicted molar refractivity (Wildman–Crippen MR) is 96.9 cm³/mol. The van der Waals surface area contributed by atoms with Crippen LogP contribution in [-0.4, -0.2) is 70.5 Å². The quantitative estimate of drug-likeness (QED) is 0.790. The molecule has 0 unspecified atom stereocenters. The summed E-state index contributed by atoms with van der Waals surface area (Å²) in [6, 6.07) is 0.334. The van der Waals surface area contributed by atoms with E-state index in [-0.39, 0.29) is 18.2 Å². The second kappa shape index (κ2) is 8.35. The van der Waals surface area contributed by atoms with Crippen LogP contribution in [0.2, 0.25) is 0 Å². The predicted octanol–water partition coefficient (Wildman–Crippen LogP) is 2.65. The highest BCUT2D eigenvalue weighted by molar-refractivity contribution is 5.68. The van der Waals surface area contributed by atoms with Crippen LogP contribution in [0.3, 0.4) is 0 Å². The Kier molecular flexibility index (Phi) is 6.63. The standard InChI is InChI=1S/C18H32N4O4/c1-12(2)22-8-9-24-14(11-22)16-19-15(20-26-16)10-13(3)21(7)17(23)25-18(4,5)6/h12-14H,8-11H2,1-7H3/t13-,14+/m0/s1. The number of nitrogens with zero attached hydrogens (tertiary/aromatic N) is 4. The molecule has 1 aromatic heterocycles. The van der Waals surface area contributed by atoms with Crippen LogP contribution in [0.1, 0.15) is 59.4 Å². The van der Waals surface area contributed by atoms with E-state index in [1.165, 1.54) is 0 Å².